The maximum Gasteiger partial charge on any atom is 0.0983 e. The second-order valence-electron chi connectivity index (χ2n) is 5.04. The van der Waals surface area contributed by atoms with Crippen LogP contribution in [0, 0.1) is 0 Å². The van der Waals surface area contributed by atoms with E-state index in [1.165, 1.54) is 12.8 Å². The molecule has 88 valence electrons. The minimum absolute atomic E-state index is 0.209. The number of aliphatic hydroxyl groups is 1. The highest BCUT2D eigenvalue weighted by Crippen LogP contribution is 2.32. The Hall–Kier alpha value is -0.930. The maximum atomic E-state index is 10.4. The molecular weight excluding hydrogens is 200 g/mol. The summed E-state index contributed by atoms with van der Waals surface area (Å²) in [5.41, 5.74) is 0.693. The van der Waals surface area contributed by atoms with Crippen LogP contribution in [0.1, 0.15) is 38.4 Å². The van der Waals surface area contributed by atoms with E-state index in [4.69, 9.17) is 0 Å². The normalized spacial score (nSPS) is 19.9. The van der Waals surface area contributed by atoms with Gasteiger partial charge in [-0.1, -0.05) is 6.07 Å². The monoisotopic (exact) mass is 220 g/mol. The van der Waals surface area contributed by atoms with Gasteiger partial charge >= 0.3 is 0 Å². The van der Waals surface area contributed by atoms with Crippen LogP contribution in [0.4, 0.5) is 0 Å². The molecule has 1 aromatic heterocycles. The van der Waals surface area contributed by atoms with Crippen LogP contribution in [-0.2, 0) is 0 Å². The molecule has 0 aromatic carbocycles. The summed E-state index contributed by atoms with van der Waals surface area (Å²) in [6.45, 7) is 6.39. The highest BCUT2D eigenvalue weighted by atomic mass is 16.3. The smallest absolute Gasteiger partial charge is 0.0983 e. The van der Waals surface area contributed by atoms with Gasteiger partial charge in [-0.15, -0.1) is 0 Å². The minimum atomic E-state index is -0.473. The molecule has 0 saturated carbocycles. The fourth-order valence-electron chi connectivity index (χ4n) is 2.41. The van der Waals surface area contributed by atoms with E-state index < -0.39 is 6.10 Å². The Labute approximate surface area is 97.1 Å². The summed E-state index contributed by atoms with van der Waals surface area (Å²) in [5, 5.41) is 10.4. The van der Waals surface area contributed by atoms with Gasteiger partial charge in [0.15, 0.2) is 0 Å². The predicted octanol–water partition coefficient (Wildman–Crippen LogP) is 1.99. The number of hydrogen-bond acceptors (Lipinski definition) is 3. The van der Waals surface area contributed by atoms with Crippen LogP contribution >= 0.6 is 0 Å². The Morgan fingerprint density at radius 1 is 1.38 bits per heavy atom. The summed E-state index contributed by atoms with van der Waals surface area (Å²) >= 11 is 0. The molecule has 16 heavy (non-hydrogen) atoms. The van der Waals surface area contributed by atoms with E-state index in [1.807, 2.05) is 12.1 Å². The zero-order valence-corrected chi connectivity index (χ0v) is 10.1. The van der Waals surface area contributed by atoms with E-state index in [-0.39, 0.29) is 5.54 Å². The van der Waals surface area contributed by atoms with E-state index in [0.717, 1.165) is 18.7 Å². The van der Waals surface area contributed by atoms with Crippen molar-refractivity contribution in [3.8, 4) is 0 Å². The van der Waals surface area contributed by atoms with Gasteiger partial charge in [-0.25, -0.2) is 0 Å². The van der Waals surface area contributed by atoms with Crippen molar-refractivity contribution in [3.05, 3.63) is 30.1 Å². The molecule has 0 bridgehead atoms. The lowest BCUT2D eigenvalue weighted by Crippen LogP contribution is -2.46. The van der Waals surface area contributed by atoms with Crippen LogP contribution in [0.25, 0.3) is 0 Å². The lowest BCUT2D eigenvalue weighted by atomic mass is 9.90. The molecule has 1 atom stereocenters. The second kappa shape index (κ2) is 4.52. The fourth-order valence-corrected chi connectivity index (χ4v) is 2.41. The topological polar surface area (TPSA) is 36.4 Å². The predicted molar refractivity (Wildman–Crippen MR) is 64.1 cm³/mol. The van der Waals surface area contributed by atoms with Crippen LogP contribution in [0.15, 0.2) is 24.5 Å². The van der Waals surface area contributed by atoms with Gasteiger partial charge in [0.2, 0.25) is 0 Å². The summed E-state index contributed by atoms with van der Waals surface area (Å²) < 4.78 is 0. The van der Waals surface area contributed by atoms with E-state index >= 15 is 0 Å². The quantitative estimate of drug-likeness (QED) is 0.846. The third-order valence-corrected chi connectivity index (χ3v) is 3.59. The molecule has 3 nitrogen and oxygen atoms in total. The van der Waals surface area contributed by atoms with Crippen molar-refractivity contribution in [2.75, 3.05) is 13.1 Å². The highest BCUT2D eigenvalue weighted by molar-refractivity contribution is 5.16. The van der Waals surface area contributed by atoms with Crippen LogP contribution in [0.2, 0.25) is 0 Å². The van der Waals surface area contributed by atoms with Crippen molar-refractivity contribution in [1.29, 1.82) is 0 Å². The number of pyridine rings is 1. The summed E-state index contributed by atoms with van der Waals surface area (Å²) in [6, 6.07) is 3.81. The Kier molecular flexibility index (Phi) is 3.26. The summed E-state index contributed by atoms with van der Waals surface area (Å²) in [5.74, 6) is 0. The zero-order valence-electron chi connectivity index (χ0n) is 10.1. The first-order valence-corrected chi connectivity index (χ1v) is 5.95. The molecular formula is C13H20N2O. The molecule has 2 rings (SSSR count). The Morgan fingerprint density at radius 2 is 2.06 bits per heavy atom. The van der Waals surface area contributed by atoms with Crippen LogP contribution < -0.4 is 0 Å². The number of likely N-dealkylation sites (tertiary alicyclic amines) is 1. The Bertz CT molecular complexity index is 331. The van der Waals surface area contributed by atoms with Crippen LogP contribution in [0.5, 0.6) is 0 Å². The minimum Gasteiger partial charge on any atom is -0.386 e. The van der Waals surface area contributed by atoms with Gasteiger partial charge in [-0.05, 0) is 45.8 Å². The van der Waals surface area contributed by atoms with Crippen LogP contribution in [0.3, 0.4) is 0 Å². The van der Waals surface area contributed by atoms with Gasteiger partial charge in [0, 0.05) is 23.5 Å². The number of aliphatic hydroxyl groups excluding tert-OH is 1. The van der Waals surface area contributed by atoms with Crippen molar-refractivity contribution in [1.82, 2.24) is 9.88 Å². The van der Waals surface area contributed by atoms with Crippen molar-refractivity contribution in [3.63, 3.8) is 0 Å². The lowest BCUT2D eigenvalue weighted by Gasteiger charge is -2.39. The van der Waals surface area contributed by atoms with Crippen molar-refractivity contribution in [2.45, 2.75) is 38.3 Å². The molecule has 1 aliphatic rings. The third-order valence-electron chi connectivity index (χ3n) is 3.59. The molecule has 3 heteroatoms. The standard InChI is InChI=1S/C13H20N2O/c1-13(2,15-8-3-4-9-15)12(16)11-6-5-7-14-10-11/h5-7,10,12,16H,3-4,8-9H2,1-2H3. The maximum absolute atomic E-state index is 10.4. The molecule has 1 aromatic rings. The Balaban J connectivity index is 2.16. The largest absolute Gasteiger partial charge is 0.386 e. The first-order valence-electron chi connectivity index (χ1n) is 5.95. The van der Waals surface area contributed by atoms with E-state index in [9.17, 15) is 5.11 Å². The van der Waals surface area contributed by atoms with Gasteiger partial charge < -0.3 is 5.11 Å². The molecule has 0 radical (unpaired) electrons. The molecule has 1 fully saturated rings. The molecule has 2 heterocycles. The van der Waals surface area contributed by atoms with Gasteiger partial charge in [-0.2, -0.15) is 0 Å². The third kappa shape index (κ3) is 2.11. The van der Waals surface area contributed by atoms with Gasteiger partial charge in [0.05, 0.1) is 6.10 Å². The van der Waals surface area contributed by atoms with Gasteiger partial charge in [-0.3, -0.25) is 9.88 Å². The zero-order chi connectivity index (χ0) is 11.6. The molecule has 1 aliphatic heterocycles. The highest BCUT2D eigenvalue weighted by Gasteiger charge is 2.36. The van der Waals surface area contributed by atoms with Crippen molar-refractivity contribution < 1.29 is 5.11 Å². The average molecular weight is 220 g/mol. The van der Waals surface area contributed by atoms with Crippen LogP contribution in [-0.4, -0.2) is 33.6 Å². The Morgan fingerprint density at radius 3 is 2.62 bits per heavy atom. The molecule has 1 N–H and O–H groups in total. The SMILES string of the molecule is CC(C)(C(O)c1cccnc1)N1CCCC1. The number of nitrogens with zero attached hydrogens (tertiary/aromatic N) is 2. The molecule has 0 amide bonds. The number of rotatable bonds is 3. The van der Waals surface area contributed by atoms with E-state index in [0.29, 0.717) is 0 Å². The van der Waals surface area contributed by atoms with Gasteiger partial charge in [0.1, 0.15) is 0 Å². The van der Waals surface area contributed by atoms with Gasteiger partial charge in [0.25, 0.3) is 0 Å². The molecule has 1 saturated heterocycles. The molecule has 0 spiro atoms. The molecule has 0 aliphatic carbocycles. The number of hydrogen-bond donors (Lipinski definition) is 1. The van der Waals surface area contributed by atoms with Crippen molar-refractivity contribution >= 4 is 0 Å². The molecule has 1 unspecified atom stereocenters. The number of aromatic nitrogens is 1. The summed E-state index contributed by atoms with van der Waals surface area (Å²) in [7, 11) is 0. The lowest BCUT2D eigenvalue weighted by molar-refractivity contribution is 0.00114. The summed E-state index contributed by atoms with van der Waals surface area (Å²) in [6.07, 6.45) is 5.49. The first-order chi connectivity index (χ1) is 7.62. The van der Waals surface area contributed by atoms with Crippen molar-refractivity contribution in [2.24, 2.45) is 0 Å². The second-order valence-corrected chi connectivity index (χ2v) is 5.04. The van der Waals surface area contributed by atoms with E-state index in [1.54, 1.807) is 12.4 Å². The fraction of sp³-hybridized carbons (Fsp3) is 0.615. The van der Waals surface area contributed by atoms with E-state index in [2.05, 4.69) is 23.7 Å². The first kappa shape index (κ1) is 11.6. The average Bonchev–Trinajstić information content (AvgIpc) is 2.83. The summed E-state index contributed by atoms with van der Waals surface area (Å²) in [4.78, 5) is 6.43.